The number of aryl methyl sites for hydroxylation is 1. The number of ether oxygens (including phenoxy) is 1. The van der Waals surface area contributed by atoms with Crippen LogP contribution in [0, 0.1) is 0 Å². The lowest BCUT2D eigenvalue weighted by Gasteiger charge is -2.04. The van der Waals surface area contributed by atoms with Crippen molar-refractivity contribution in [3.05, 3.63) is 64.0 Å². The third-order valence-electron chi connectivity index (χ3n) is 4.35. The van der Waals surface area contributed by atoms with Crippen LogP contribution in [0.25, 0.3) is 21.3 Å². The van der Waals surface area contributed by atoms with E-state index in [1.807, 2.05) is 55.5 Å². The third kappa shape index (κ3) is 3.38. The van der Waals surface area contributed by atoms with Crippen molar-refractivity contribution in [1.29, 1.82) is 0 Å². The molecule has 0 aliphatic rings. The number of benzene rings is 2. The molecule has 0 fully saturated rings. The molecule has 27 heavy (non-hydrogen) atoms. The fraction of sp³-hybridized carbons (Fsp3) is 0.250. The quantitative estimate of drug-likeness (QED) is 0.479. The molecule has 0 spiro atoms. The number of nitrogens with zero attached hydrogens (tertiary/aromatic N) is 3. The number of carbonyl (C=O) groups excluding carboxylic acids is 1. The number of hydrogen-bond donors (Lipinski definition) is 0. The molecular formula is C20H19N3O3S. The van der Waals surface area contributed by atoms with E-state index >= 15 is 0 Å². The lowest BCUT2D eigenvalue weighted by atomic mass is 10.3. The molecule has 6 nitrogen and oxygen atoms in total. The molecule has 0 saturated heterocycles. The van der Waals surface area contributed by atoms with E-state index in [0.717, 1.165) is 32.7 Å². The predicted molar refractivity (Wildman–Crippen MR) is 106 cm³/mol. The van der Waals surface area contributed by atoms with E-state index in [1.54, 1.807) is 4.57 Å². The monoisotopic (exact) mass is 381 g/mol. The molecule has 0 bridgehead atoms. The molecule has 0 aliphatic carbocycles. The highest BCUT2D eigenvalue weighted by molar-refractivity contribution is 7.18. The molecule has 0 radical (unpaired) electrons. The van der Waals surface area contributed by atoms with E-state index in [4.69, 9.17) is 4.74 Å². The first-order valence-electron chi connectivity index (χ1n) is 8.85. The SMILES string of the molecule is CCCn1c(=O)n(CC(=O)OCc2nc3ccccc3s2)c2ccccc21. The molecule has 2 aromatic carbocycles. The van der Waals surface area contributed by atoms with Gasteiger partial charge in [0.1, 0.15) is 18.2 Å². The highest BCUT2D eigenvalue weighted by Gasteiger charge is 2.16. The Bertz CT molecular complexity index is 1140. The second kappa shape index (κ2) is 7.36. The number of rotatable bonds is 6. The lowest BCUT2D eigenvalue weighted by Crippen LogP contribution is -2.27. The Hall–Kier alpha value is -2.93. The molecule has 0 aliphatic heterocycles. The molecule has 0 unspecified atom stereocenters. The zero-order valence-corrected chi connectivity index (χ0v) is 15.7. The summed E-state index contributed by atoms with van der Waals surface area (Å²) in [6.45, 7) is 2.64. The summed E-state index contributed by atoms with van der Waals surface area (Å²) in [5, 5.41) is 0.741. The van der Waals surface area contributed by atoms with Crippen molar-refractivity contribution in [1.82, 2.24) is 14.1 Å². The van der Waals surface area contributed by atoms with Gasteiger partial charge < -0.3 is 4.74 Å². The van der Waals surface area contributed by atoms with Gasteiger partial charge in [-0.1, -0.05) is 31.2 Å². The lowest BCUT2D eigenvalue weighted by molar-refractivity contribution is -0.145. The summed E-state index contributed by atoms with van der Waals surface area (Å²) < 4.78 is 9.61. The highest BCUT2D eigenvalue weighted by Crippen LogP contribution is 2.22. The maximum absolute atomic E-state index is 12.7. The minimum absolute atomic E-state index is 0.110. The number of carbonyl (C=O) groups is 1. The number of imidazole rings is 1. The first-order valence-corrected chi connectivity index (χ1v) is 9.67. The minimum atomic E-state index is -0.448. The average Bonchev–Trinajstić information content (AvgIpc) is 3.21. The summed E-state index contributed by atoms with van der Waals surface area (Å²) in [6, 6.07) is 15.3. The van der Waals surface area contributed by atoms with E-state index in [2.05, 4.69) is 4.98 Å². The van der Waals surface area contributed by atoms with Gasteiger partial charge in [-0.25, -0.2) is 9.78 Å². The first-order chi connectivity index (χ1) is 13.2. The van der Waals surface area contributed by atoms with Crippen LogP contribution in [0.5, 0.6) is 0 Å². The largest absolute Gasteiger partial charge is 0.457 e. The van der Waals surface area contributed by atoms with Crippen LogP contribution in [-0.4, -0.2) is 20.1 Å². The Balaban J connectivity index is 1.52. The van der Waals surface area contributed by atoms with Crippen LogP contribution in [0.4, 0.5) is 0 Å². The minimum Gasteiger partial charge on any atom is -0.457 e. The Kier molecular flexibility index (Phi) is 4.77. The molecule has 4 rings (SSSR count). The van der Waals surface area contributed by atoms with E-state index in [1.165, 1.54) is 15.9 Å². The molecule has 7 heteroatoms. The predicted octanol–water partition coefficient (Wildman–Crippen LogP) is 3.57. The number of para-hydroxylation sites is 3. The van der Waals surface area contributed by atoms with Crippen molar-refractivity contribution in [2.75, 3.05) is 0 Å². The zero-order valence-electron chi connectivity index (χ0n) is 14.9. The molecule has 2 aromatic heterocycles. The Morgan fingerprint density at radius 2 is 1.78 bits per heavy atom. The fourth-order valence-corrected chi connectivity index (χ4v) is 4.04. The third-order valence-corrected chi connectivity index (χ3v) is 5.36. The maximum atomic E-state index is 12.7. The summed E-state index contributed by atoms with van der Waals surface area (Å²) in [7, 11) is 0. The van der Waals surface area contributed by atoms with Crippen molar-refractivity contribution in [3.8, 4) is 0 Å². The standard InChI is InChI=1S/C20H19N3O3S/c1-2-11-22-15-8-4-5-9-16(15)23(20(22)25)12-19(24)26-13-18-21-14-7-3-6-10-17(14)27-18/h3-10H,2,11-13H2,1H3. The van der Waals surface area contributed by atoms with Crippen molar-refractivity contribution in [3.63, 3.8) is 0 Å². The average molecular weight is 381 g/mol. The summed E-state index contributed by atoms with van der Waals surface area (Å²) >= 11 is 1.50. The van der Waals surface area contributed by atoms with Gasteiger partial charge in [0.05, 0.1) is 21.3 Å². The van der Waals surface area contributed by atoms with Crippen molar-refractivity contribution < 1.29 is 9.53 Å². The van der Waals surface area contributed by atoms with Crippen molar-refractivity contribution in [2.24, 2.45) is 0 Å². The van der Waals surface area contributed by atoms with Gasteiger partial charge in [-0.15, -0.1) is 11.3 Å². The van der Waals surface area contributed by atoms with E-state index in [-0.39, 0.29) is 18.8 Å². The summed E-state index contributed by atoms with van der Waals surface area (Å²) in [5.74, 6) is -0.448. The van der Waals surface area contributed by atoms with Crippen LogP contribution >= 0.6 is 11.3 Å². The Morgan fingerprint density at radius 3 is 2.52 bits per heavy atom. The number of hydrogen-bond acceptors (Lipinski definition) is 5. The maximum Gasteiger partial charge on any atom is 0.329 e. The van der Waals surface area contributed by atoms with Crippen LogP contribution in [0.2, 0.25) is 0 Å². The van der Waals surface area contributed by atoms with Crippen LogP contribution in [-0.2, 0) is 29.2 Å². The van der Waals surface area contributed by atoms with Crippen LogP contribution in [0.3, 0.4) is 0 Å². The summed E-state index contributed by atoms with van der Waals surface area (Å²) in [4.78, 5) is 29.5. The first kappa shape index (κ1) is 17.5. The van der Waals surface area contributed by atoms with Crippen LogP contribution in [0.15, 0.2) is 53.3 Å². The molecule has 0 N–H and O–H groups in total. The van der Waals surface area contributed by atoms with Gasteiger partial charge in [0.2, 0.25) is 0 Å². The van der Waals surface area contributed by atoms with Gasteiger partial charge in [-0.3, -0.25) is 13.9 Å². The number of thiazole rings is 1. The number of fused-ring (bicyclic) bond motifs is 2. The van der Waals surface area contributed by atoms with Gasteiger partial charge in [-0.05, 0) is 30.7 Å². The normalized spacial score (nSPS) is 11.3. The Labute approximate surface area is 159 Å². The van der Waals surface area contributed by atoms with Gasteiger partial charge >= 0.3 is 11.7 Å². The van der Waals surface area contributed by atoms with Gasteiger partial charge in [0.25, 0.3) is 0 Å². The van der Waals surface area contributed by atoms with Gasteiger partial charge in [-0.2, -0.15) is 0 Å². The van der Waals surface area contributed by atoms with Crippen LogP contribution in [0.1, 0.15) is 18.4 Å². The zero-order chi connectivity index (χ0) is 18.8. The molecule has 4 aromatic rings. The van der Waals surface area contributed by atoms with Crippen molar-refractivity contribution >= 4 is 38.6 Å². The van der Waals surface area contributed by atoms with E-state index in [0.29, 0.717) is 6.54 Å². The number of esters is 1. The second-order valence-corrected chi connectivity index (χ2v) is 7.36. The van der Waals surface area contributed by atoms with E-state index in [9.17, 15) is 9.59 Å². The highest BCUT2D eigenvalue weighted by atomic mass is 32.1. The molecule has 2 heterocycles. The smallest absolute Gasteiger partial charge is 0.329 e. The molecular weight excluding hydrogens is 362 g/mol. The van der Waals surface area contributed by atoms with Crippen molar-refractivity contribution in [2.45, 2.75) is 33.0 Å². The summed E-state index contributed by atoms with van der Waals surface area (Å²) in [5.41, 5.74) is 2.29. The van der Waals surface area contributed by atoms with E-state index < -0.39 is 5.97 Å². The Morgan fingerprint density at radius 1 is 1.07 bits per heavy atom. The summed E-state index contributed by atoms with van der Waals surface area (Å²) in [6.07, 6.45) is 0.843. The topological polar surface area (TPSA) is 66.1 Å². The van der Waals surface area contributed by atoms with Gasteiger partial charge in [0, 0.05) is 6.54 Å². The molecule has 0 atom stereocenters. The van der Waals surface area contributed by atoms with Crippen LogP contribution < -0.4 is 5.69 Å². The van der Waals surface area contributed by atoms with Gasteiger partial charge in [0.15, 0.2) is 0 Å². The fourth-order valence-electron chi connectivity index (χ4n) is 3.16. The number of aromatic nitrogens is 3. The molecule has 138 valence electrons. The molecule has 0 saturated carbocycles. The molecule has 0 amide bonds. The second-order valence-electron chi connectivity index (χ2n) is 6.25.